The molecule has 0 N–H and O–H groups in total. The molecule has 0 aliphatic carbocycles. The van der Waals surface area contributed by atoms with Gasteiger partial charge in [-0.3, -0.25) is 9.58 Å². The minimum absolute atomic E-state index is 0.240. The quantitative estimate of drug-likeness (QED) is 0.647. The second kappa shape index (κ2) is 7.94. The van der Waals surface area contributed by atoms with Gasteiger partial charge in [-0.05, 0) is 50.4 Å². The zero-order valence-corrected chi connectivity index (χ0v) is 14.5. The van der Waals surface area contributed by atoms with E-state index in [-0.39, 0.29) is 5.82 Å². The second-order valence-corrected chi connectivity index (χ2v) is 5.94. The highest BCUT2D eigenvalue weighted by Crippen LogP contribution is 2.20. The Morgan fingerprint density at radius 2 is 1.84 bits per heavy atom. The maximum atomic E-state index is 13.0. The van der Waals surface area contributed by atoms with Crippen LogP contribution in [0.3, 0.4) is 0 Å². The first-order chi connectivity index (χ1) is 12.2. The molecule has 1 aromatic heterocycles. The molecule has 0 radical (unpaired) electrons. The third-order valence-electron chi connectivity index (χ3n) is 3.88. The molecule has 0 aliphatic rings. The summed E-state index contributed by atoms with van der Waals surface area (Å²) < 4.78 is 20.6. The Kier molecular flexibility index (Phi) is 5.46. The van der Waals surface area contributed by atoms with E-state index in [2.05, 4.69) is 16.1 Å². The topological polar surface area (TPSA) is 30.3 Å². The molecule has 3 rings (SSSR count). The van der Waals surface area contributed by atoms with Crippen LogP contribution in [-0.4, -0.2) is 28.3 Å². The number of hydrogen-bond acceptors (Lipinski definition) is 3. The van der Waals surface area contributed by atoms with Gasteiger partial charge in [0.25, 0.3) is 0 Å². The third kappa shape index (κ3) is 4.45. The van der Waals surface area contributed by atoms with Gasteiger partial charge in [0, 0.05) is 23.9 Å². The number of ether oxygens (including phenoxy) is 1. The maximum absolute atomic E-state index is 13.0. The number of aromatic nitrogens is 2. The summed E-state index contributed by atoms with van der Waals surface area (Å²) in [5, 5.41) is 4.57. The molecule has 0 saturated heterocycles. The van der Waals surface area contributed by atoms with Crippen molar-refractivity contribution in [2.24, 2.45) is 0 Å². The Bertz CT molecular complexity index is 814. The van der Waals surface area contributed by atoms with Crippen molar-refractivity contribution in [2.75, 3.05) is 13.7 Å². The Morgan fingerprint density at radius 1 is 1.08 bits per heavy atom. The lowest BCUT2D eigenvalue weighted by Crippen LogP contribution is -2.22. The van der Waals surface area contributed by atoms with E-state index in [9.17, 15) is 4.39 Å². The largest absolute Gasteiger partial charge is 0.494 e. The molecule has 25 heavy (non-hydrogen) atoms. The van der Waals surface area contributed by atoms with Crippen molar-refractivity contribution in [3.05, 3.63) is 72.2 Å². The molecule has 0 amide bonds. The summed E-state index contributed by atoms with van der Waals surface area (Å²) in [7, 11) is 2.04. The number of benzene rings is 2. The Morgan fingerprint density at radius 3 is 2.60 bits per heavy atom. The summed E-state index contributed by atoms with van der Waals surface area (Å²) >= 11 is 0. The molecular formula is C20H22FN3O. The molecule has 0 saturated carbocycles. The van der Waals surface area contributed by atoms with Gasteiger partial charge in [-0.1, -0.05) is 18.2 Å². The average Bonchev–Trinajstić information content (AvgIpc) is 3.06. The van der Waals surface area contributed by atoms with Gasteiger partial charge in [-0.25, -0.2) is 4.39 Å². The van der Waals surface area contributed by atoms with Crippen LogP contribution in [-0.2, 0) is 13.2 Å². The summed E-state index contributed by atoms with van der Waals surface area (Å²) in [6, 6.07) is 16.4. The zero-order valence-electron chi connectivity index (χ0n) is 14.5. The molecular weight excluding hydrogens is 317 g/mol. The summed E-state index contributed by atoms with van der Waals surface area (Å²) in [6.45, 7) is 4.06. The molecule has 130 valence electrons. The van der Waals surface area contributed by atoms with Gasteiger partial charge < -0.3 is 4.74 Å². The monoisotopic (exact) mass is 339 g/mol. The molecule has 0 spiro atoms. The number of halogens is 1. The molecule has 3 aromatic rings. The Balaban J connectivity index is 1.66. The van der Waals surface area contributed by atoms with Crippen LogP contribution in [0.5, 0.6) is 5.75 Å². The van der Waals surface area contributed by atoms with Crippen LogP contribution in [0, 0.1) is 5.82 Å². The van der Waals surface area contributed by atoms with Crippen LogP contribution in [0.15, 0.2) is 60.8 Å². The fraction of sp³-hybridized carbons (Fsp3) is 0.250. The Hall–Kier alpha value is -2.66. The summed E-state index contributed by atoms with van der Waals surface area (Å²) in [4.78, 5) is 2.17. The fourth-order valence-electron chi connectivity index (χ4n) is 2.73. The summed E-state index contributed by atoms with van der Waals surface area (Å²) in [6.07, 6.45) is 1.93. The van der Waals surface area contributed by atoms with Gasteiger partial charge in [-0.15, -0.1) is 0 Å². The molecule has 1 heterocycles. The van der Waals surface area contributed by atoms with Gasteiger partial charge >= 0.3 is 0 Å². The van der Waals surface area contributed by atoms with Gasteiger partial charge in [0.15, 0.2) is 0 Å². The lowest BCUT2D eigenvalue weighted by atomic mass is 10.1. The predicted molar refractivity (Wildman–Crippen MR) is 96.7 cm³/mol. The van der Waals surface area contributed by atoms with Crippen molar-refractivity contribution in [3.8, 4) is 17.0 Å². The van der Waals surface area contributed by atoms with Crippen molar-refractivity contribution in [3.63, 3.8) is 0 Å². The fourth-order valence-corrected chi connectivity index (χ4v) is 2.73. The normalized spacial score (nSPS) is 11.0. The predicted octanol–water partition coefficient (Wildman–Crippen LogP) is 4.18. The highest BCUT2D eigenvalue weighted by atomic mass is 19.1. The molecule has 0 fully saturated rings. The number of para-hydroxylation sites is 1. The van der Waals surface area contributed by atoms with Crippen molar-refractivity contribution >= 4 is 0 Å². The minimum Gasteiger partial charge on any atom is -0.494 e. The number of rotatable bonds is 7. The first-order valence-corrected chi connectivity index (χ1v) is 8.34. The van der Waals surface area contributed by atoms with E-state index in [4.69, 9.17) is 4.74 Å². The van der Waals surface area contributed by atoms with E-state index in [0.29, 0.717) is 13.3 Å². The molecule has 0 unspecified atom stereocenters. The average molecular weight is 339 g/mol. The van der Waals surface area contributed by atoms with E-state index in [1.54, 1.807) is 12.1 Å². The molecule has 5 heteroatoms. The van der Waals surface area contributed by atoms with Crippen molar-refractivity contribution in [1.29, 1.82) is 0 Å². The van der Waals surface area contributed by atoms with Crippen LogP contribution in [0.2, 0.25) is 0 Å². The highest BCUT2D eigenvalue weighted by molar-refractivity contribution is 5.58. The highest BCUT2D eigenvalue weighted by Gasteiger charge is 2.08. The number of hydrogen-bond donors (Lipinski definition) is 0. The van der Waals surface area contributed by atoms with E-state index in [1.165, 1.54) is 12.1 Å². The van der Waals surface area contributed by atoms with Crippen molar-refractivity contribution in [1.82, 2.24) is 14.7 Å². The molecule has 0 aliphatic heterocycles. The smallest absolute Gasteiger partial charge is 0.123 e. The van der Waals surface area contributed by atoms with Gasteiger partial charge in [-0.2, -0.15) is 5.10 Å². The van der Waals surface area contributed by atoms with E-state index >= 15 is 0 Å². The molecule has 4 nitrogen and oxygen atoms in total. The van der Waals surface area contributed by atoms with Crippen LogP contribution in [0.4, 0.5) is 4.39 Å². The molecule has 0 bridgehead atoms. The lowest BCUT2D eigenvalue weighted by Gasteiger charge is -2.18. The maximum Gasteiger partial charge on any atom is 0.123 e. The van der Waals surface area contributed by atoms with Crippen LogP contribution >= 0.6 is 0 Å². The van der Waals surface area contributed by atoms with Crippen LogP contribution < -0.4 is 4.74 Å². The summed E-state index contributed by atoms with van der Waals surface area (Å²) in [5.74, 6) is 0.681. The molecule has 2 aromatic carbocycles. The van der Waals surface area contributed by atoms with Crippen LogP contribution in [0.25, 0.3) is 11.3 Å². The Labute approximate surface area is 147 Å². The van der Waals surface area contributed by atoms with E-state index in [0.717, 1.165) is 29.1 Å². The van der Waals surface area contributed by atoms with Gasteiger partial charge in [0.1, 0.15) is 11.6 Å². The van der Waals surface area contributed by atoms with Gasteiger partial charge in [0.2, 0.25) is 0 Å². The zero-order chi connectivity index (χ0) is 17.6. The SMILES string of the molecule is CCOc1ccccc1CN(C)Cn1ccc(-c2ccc(F)cc2)n1. The van der Waals surface area contributed by atoms with E-state index < -0.39 is 0 Å². The minimum atomic E-state index is -0.240. The molecule has 0 atom stereocenters. The summed E-state index contributed by atoms with van der Waals surface area (Å²) in [5.41, 5.74) is 2.89. The number of nitrogens with zero attached hydrogens (tertiary/aromatic N) is 3. The van der Waals surface area contributed by atoms with Crippen molar-refractivity contribution < 1.29 is 9.13 Å². The standard InChI is InChI=1S/C20H22FN3O/c1-3-25-20-7-5-4-6-17(20)14-23(2)15-24-13-12-19(22-24)16-8-10-18(21)11-9-16/h4-13H,3,14-15H2,1-2H3. The van der Waals surface area contributed by atoms with E-state index in [1.807, 2.05) is 49.1 Å². The van der Waals surface area contributed by atoms with Gasteiger partial charge in [0.05, 0.1) is 19.0 Å². The van der Waals surface area contributed by atoms with Crippen molar-refractivity contribution in [2.45, 2.75) is 20.1 Å². The van der Waals surface area contributed by atoms with Crippen LogP contribution in [0.1, 0.15) is 12.5 Å². The lowest BCUT2D eigenvalue weighted by molar-refractivity contribution is 0.240. The first kappa shape index (κ1) is 17.2. The second-order valence-electron chi connectivity index (χ2n) is 5.94. The third-order valence-corrected chi connectivity index (χ3v) is 3.88. The first-order valence-electron chi connectivity index (χ1n) is 8.34.